The van der Waals surface area contributed by atoms with Crippen molar-refractivity contribution in [3.8, 4) is 5.75 Å². The summed E-state index contributed by atoms with van der Waals surface area (Å²) < 4.78 is 29.0. The van der Waals surface area contributed by atoms with E-state index in [2.05, 4.69) is 5.32 Å². The van der Waals surface area contributed by atoms with E-state index in [4.69, 9.17) is 4.74 Å². The highest BCUT2D eigenvalue weighted by molar-refractivity contribution is 7.90. The van der Waals surface area contributed by atoms with Crippen molar-refractivity contribution in [2.24, 2.45) is 0 Å². The van der Waals surface area contributed by atoms with Crippen LogP contribution in [0.4, 0.5) is 5.69 Å². The number of hydrogen-bond donors (Lipinski definition) is 1. The molecule has 0 aliphatic heterocycles. The Morgan fingerprint density at radius 1 is 1.17 bits per heavy atom. The Hall–Kier alpha value is -2.34. The lowest BCUT2D eigenvalue weighted by molar-refractivity contribution is 0.102. The van der Waals surface area contributed by atoms with E-state index in [0.29, 0.717) is 29.2 Å². The first kappa shape index (κ1) is 18.0. The SMILES string of the molecule is CCCOc1ccccc1NC(=O)c1cc(S(C)(=O)=O)ccc1C. The van der Waals surface area contributed by atoms with Gasteiger partial charge >= 0.3 is 0 Å². The quantitative estimate of drug-likeness (QED) is 0.869. The zero-order valence-corrected chi connectivity index (χ0v) is 14.8. The van der Waals surface area contributed by atoms with E-state index in [1.807, 2.05) is 13.0 Å². The lowest BCUT2D eigenvalue weighted by Gasteiger charge is -2.13. The molecule has 0 spiro atoms. The van der Waals surface area contributed by atoms with Crippen LogP contribution in [-0.4, -0.2) is 27.2 Å². The van der Waals surface area contributed by atoms with E-state index in [-0.39, 0.29) is 10.8 Å². The molecule has 128 valence electrons. The lowest BCUT2D eigenvalue weighted by atomic mass is 10.1. The normalized spacial score (nSPS) is 11.1. The number of para-hydroxylation sites is 2. The fraction of sp³-hybridized carbons (Fsp3) is 0.278. The second kappa shape index (κ2) is 7.49. The van der Waals surface area contributed by atoms with E-state index in [1.165, 1.54) is 12.1 Å². The molecule has 6 heteroatoms. The molecule has 0 aliphatic rings. The van der Waals surface area contributed by atoms with E-state index in [9.17, 15) is 13.2 Å². The van der Waals surface area contributed by atoms with E-state index in [1.54, 1.807) is 31.2 Å². The summed E-state index contributed by atoms with van der Waals surface area (Å²) >= 11 is 0. The summed E-state index contributed by atoms with van der Waals surface area (Å²) in [6, 6.07) is 11.7. The summed E-state index contributed by atoms with van der Waals surface area (Å²) in [5.74, 6) is 0.218. The Labute approximate surface area is 142 Å². The largest absolute Gasteiger partial charge is 0.491 e. The average molecular weight is 347 g/mol. The minimum absolute atomic E-state index is 0.119. The molecule has 0 unspecified atom stereocenters. The molecular weight excluding hydrogens is 326 g/mol. The van der Waals surface area contributed by atoms with Crippen LogP contribution in [0.15, 0.2) is 47.4 Å². The van der Waals surface area contributed by atoms with Gasteiger partial charge in [0, 0.05) is 11.8 Å². The molecule has 1 amide bonds. The zero-order valence-electron chi connectivity index (χ0n) is 14.0. The van der Waals surface area contributed by atoms with Crippen LogP contribution in [0.1, 0.15) is 29.3 Å². The van der Waals surface area contributed by atoms with Crippen LogP contribution < -0.4 is 10.1 Å². The van der Waals surface area contributed by atoms with Crippen molar-refractivity contribution in [3.05, 3.63) is 53.6 Å². The lowest BCUT2D eigenvalue weighted by Crippen LogP contribution is -2.15. The van der Waals surface area contributed by atoms with E-state index < -0.39 is 9.84 Å². The maximum absolute atomic E-state index is 12.6. The second-order valence-corrected chi connectivity index (χ2v) is 7.56. The summed E-state index contributed by atoms with van der Waals surface area (Å²) in [6.07, 6.45) is 1.98. The maximum Gasteiger partial charge on any atom is 0.256 e. The summed E-state index contributed by atoms with van der Waals surface area (Å²) in [7, 11) is -3.37. The molecule has 0 fully saturated rings. The van der Waals surface area contributed by atoms with Crippen LogP contribution in [-0.2, 0) is 9.84 Å². The van der Waals surface area contributed by atoms with Crippen molar-refractivity contribution in [1.29, 1.82) is 0 Å². The molecule has 0 aromatic heterocycles. The van der Waals surface area contributed by atoms with E-state index >= 15 is 0 Å². The number of benzene rings is 2. The highest BCUT2D eigenvalue weighted by atomic mass is 32.2. The minimum atomic E-state index is -3.37. The van der Waals surface area contributed by atoms with Gasteiger partial charge in [0.25, 0.3) is 5.91 Å². The number of aryl methyl sites for hydroxylation is 1. The number of hydrogen-bond acceptors (Lipinski definition) is 4. The molecular formula is C18H21NO4S. The predicted molar refractivity (Wildman–Crippen MR) is 94.5 cm³/mol. The molecule has 0 atom stereocenters. The number of amides is 1. The van der Waals surface area contributed by atoms with Crippen LogP contribution in [0.25, 0.3) is 0 Å². The molecule has 0 saturated heterocycles. The monoisotopic (exact) mass is 347 g/mol. The topological polar surface area (TPSA) is 72.5 Å². The van der Waals surface area contributed by atoms with Gasteiger partial charge in [0.05, 0.1) is 17.2 Å². The molecule has 1 N–H and O–H groups in total. The van der Waals surface area contributed by atoms with Crippen molar-refractivity contribution >= 4 is 21.4 Å². The molecule has 0 bridgehead atoms. The first-order valence-corrected chi connectivity index (χ1v) is 9.56. The number of carbonyl (C=O) groups is 1. The van der Waals surface area contributed by atoms with Crippen LogP contribution >= 0.6 is 0 Å². The fourth-order valence-corrected chi connectivity index (χ4v) is 2.82. The van der Waals surface area contributed by atoms with Gasteiger partial charge in [-0.2, -0.15) is 0 Å². The molecule has 2 aromatic carbocycles. The number of rotatable bonds is 6. The van der Waals surface area contributed by atoms with Crippen molar-refractivity contribution in [1.82, 2.24) is 0 Å². The molecule has 24 heavy (non-hydrogen) atoms. The minimum Gasteiger partial charge on any atom is -0.491 e. The van der Waals surface area contributed by atoms with Crippen molar-refractivity contribution < 1.29 is 17.9 Å². The maximum atomic E-state index is 12.6. The molecule has 0 aliphatic carbocycles. The first-order valence-electron chi connectivity index (χ1n) is 7.67. The molecule has 0 radical (unpaired) electrons. The number of nitrogens with one attached hydrogen (secondary N) is 1. The smallest absolute Gasteiger partial charge is 0.256 e. The number of anilines is 1. The number of carbonyl (C=O) groups excluding carboxylic acids is 1. The third kappa shape index (κ3) is 4.35. The second-order valence-electron chi connectivity index (χ2n) is 5.55. The number of sulfone groups is 1. The van der Waals surface area contributed by atoms with E-state index in [0.717, 1.165) is 12.7 Å². The Morgan fingerprint density at radius 3 is 2.54 bits per heavy atom. The fourth-order valence-electron chi connectivity index (χ4n) is 2.17. The predicted octanol–water partition coefficient (Wildman–Crippen LogP) is 3.44. The van der Waals surface area contributed by atoms with Gasteiger partial charge in [-0.3, -0.25) is 4.79 Å². The summed E-state index contributed by atoms with van der Waals surface area (Å²) in [6.45, 7) is 4.32. The molecule has 5 nitrogen and oxygen atoms in total. The van der Waals surface area contributed by atoms with Crippen LogP contribution in [0.3, 0.4) is 0 Å². The average Bonchev–Trinajstić information content (AvgIpc) is 2.53. The van der Waals surface area contributed by atoms with Gasteiger partial charge in [0.2, 0.25) is 0 Å². The Balaban J connectivity index is 2.31. The Kier molecular flexibility index (Phi) is 5.62. The summed E-state index contributed by atoms with van der Waals surface area (Å²) in [5, 5.41) is 2.80. The Morgan fingerprint density at radius 2 is 1.88 bits per heavy atom. The van der Waals surface area contributed by atoms with Gasteiger partial charge in [-0.05, 0) is 43.2 Å². The van der Waals surface area contributed by atoms with Gasteiger partial charge in [-0.25, -0.2) is 8.42 Å². The van der Waals surface area contributed by atoms with Gasteiger partial charge in [-0.15, -0.1) is 0 Å². The zero-order chi connectivity index (χ0) is 17.7. The number of ether oxygens (including phenoxy) is 1. The highest BCUT2D eigenvalue weighted by Gasteiger charge is 2.16. The van der Waals surface area contributed by atoms with Crippen molar-refractivity contribution in [2.45, 2.75) is 25.2 Å². The van der Waals surface area contributed by atoms with Crippen molar-refractivity contribution in [2.75, 3.05) is 18.2 Å². The van der Waals surface area contributed by atoms with Gasteiger partial charge in [0.15, 0.2) is 9.84 Å². The van der Waals surface area contributed by atoms with Crippen molar-refractivity contribution in [3.63, 3.8) is 0 Å². The van der Waals surface area contributed by atoms with Gasteiger partial charge in [0.1, 0.15) is 5.75 Å². The van der Waals surface area contributed by atoms with Gasteiger partial charge < -0.3 is 10.1 Å². The van der Waals surface area contributed by atoms with Crippen LogP contribution in [0.2, 0.25) is 0 Å². The third-order valence-corrected chi connectivity index (χ3v) is 4.59. The molecule has 0 heterocycles. The summed E-state index contributed by atoms with van der Waals surface area (Å²) in [5.41, 5.74) is 1.58. The van der Waals surface area contributed by atoms with Crippen LogP contribution in [0, 0.1) is 6.92 Å². The molecule has 2 aromatic rings. The summed E-state index contributed by atoms with van der Waals surface area (Å²) in [4.78, 5) is 12.7. The highest BCUT2D eigenvalue weighted by Crippen LogP contribution is 2.25. The molecule has 0 saturated carbocycles. The Bertz CT molecular complexity index is 844. The van der Waals surface area contributed by atoms with Crippen LogP contribution in [0.5, 0.6) is 5.75 Å². The molecule has 2 rings (SSSR count). The standard InChI is InChI=1S/C18H21NO4S/c1-4-11-23-17-8-6-5-7-16(17)19-18(20)15-12-14(24(3,21)22)10-9-13(15)2/h5-10,12H,4,11H2,1-3H3,(H,19,20). The van der Waals surface area contributed by atoms with Gasteiger partial charge in [-0.1, -0.05) is 25.1 Å². The third-order valence-electron chi connectivity index (χ3n) is 3.48. The first-order chi connectivity index (χ1) is 11.3.